The third kappa shape index (κ3) is 4.38. The van der Waals surface area contributed by atoms with Gasteiger partial charge >= 0.3 is 0 Å². The molecule has 1 N–H and O–H groups in total. The van der Waals surface area contributed by atoms with Crippen molar-refractivity contribution < 1.29 is 4.79 Å². The summed E-state index contributed by atoms with van der Waals surface area (Å²) in [4.78, 5) is 25.3. The second-order valence-corrected chi connectivity index (χ2v) is 7.91. The fraction of sp³-hybridized carbons (Fsp3) is 0.105. The van der Waals surface area contributed by atoms with Crippen LogP contribution in [0.1, 0.15) is 10.6 Å². The van der Waals surface area contributed by atoms with Gasteiger partial charge in [-0.05, 0) is 23.1 Å². The average molecular weight is 409 g/mol. The number of anilines is 1. The summed E-state index contributed by atoms with van der Waals surface area (Å²) < 4.78 is 1.15. The maximum absolute atomic E-state index is 12.3. The van der Waals surface area contributed by atoms with Gasteiger partial charge in [0.05, 0.1) is 4.88 Å². The van der Waals surface area contributed by atoms with E-state index < -0.39 is 0 Å². The Morgan fingerprint density at radius 2 is 1.89 bits per heavy atom. The Kier molecular flexibility index (Phi) is 5.36. The van der Waals surface area contributed by atoms with Crippen LogP contribution in [0.25, 0.3) is 10.6 Å². The zero-order valence-corrected chi connectivity index (χ0v) is 16.2. The molecule has 0 spiro atoms. The minimum Gasteiger partial charge on any atom is -0.299 e. The van der Waals surface area contributed by atoms with E-state index in [2.05, 4.69) is 20.6 Å². The predicted octanol–water partition coefficient (Wildman–Crippen LogP) is 3.05. The van der Waals surface area contributed by atoms with Gasteiger partial charge in [-0.25, -0.2) is 4.68 Å². The van der Waals surface area contributed by atoms with Crippen molar-refractivity contribution in [2.24, 2.45) is 0 Å². The first kappa shape index (κ1) is 18.2. The van der Waals surface area contributed by atoms with E-state index in [1.807, 2.05) is 47.8 Å². The number of carbonyl (C=O) groups excluding carboxylic acids is 1. The third-order valence-electron chi connectivity index (χ3n) is 3.84. The largest absolute Gasteiger partial charge is 0.299 e. The van der Waals surface area contributed by atoms with Crippen LogP contribution in [-0.4, -0.2) is 25.9 Å². The molecule has 9 heteroatoms. The Hall–Kier alpha value is -3.17. The summed E-state index contributed by atoms with van der Waals surface area (Å²) in [5.41, 5.74) is 1.44. The Morgan fingerprint density at radius 3 is 2.68 bits per heavy atom. The summed E-state index contributed by atoms with van der Waals surface area (Å²) in [5, 5.41) is 18.2. The Balaban J connectivity index is 1.42. The second-order valence-electron chi connectivity index (χ2n) is 5.90. The summed E-state index contributed by atoms with van der Waals surface area (Å²) in [6.07, 6.45) is 0.651. The molecule has 0 saturated carbocycles. The standard InChI is InChI=1S/C19H15N5O2S2/c25-16(12-24-18(26)9-8-14(23-24)15-7-4-10-27-15)20-19-22-21-17(28-19)11-13-5-2-1-3-6-13/h1-10H,11-12H2,(H,20,22,25). The molecule has 0 unspecified atom stereocenters. The van der Waals surface area contributed by atoms with Crippen LogP contribution >= 0.6 is 22.7 Å². The molecule has 7 nitrogen and oxygen atoms in total. The lowest BCUT2D eigenvalue weighted by Crippen LogP contribution is -2.29. The monoisotopic (exact) mass is 409 g/mol. The number of hydrogen-bond donors (Lipinski definition) is 1. The van der Waals surface area contributed by atoms with Crippen LogP contribution in [0.2, 0.25) is 0 Å². The number of amides is 1. The smallest absolute Gasteiger partial charge is 0.267 e. The first-order valence-corrected chi connectivity index (χ1v) is 10.2. The van der Waals surface area contributed by atoms with Crippen LogP contribution in [-0.2, 0) is 17.8 Å². The molecule has 1 aromatic carbocycles. The van der Waals surface area contributed by atoms with Crippen LogP contribution in [0, 0.1) is 0 Å². The first-order chi connectivity index (χ1) is 13.7. The number of nitrogens with one attached hydrogen (secondary N) is 1. The SMILES string of the molecule is O=C(Cn1nc(-c2cccs2)ccc1=O)Nc1nnc(Cc2ccccc2)s1. The van der Waals surface area contributed by atoms with E-state index >= 15 is 0 Å². The van der Waals surface area contributed by atoms with Crippen molar-refractivity contribution in [3.05, 3.63) is 80.9 Å². The number of benzene rings is 1. The molecule has 3 aromatic heterocycles. The minimum atomic E-state index is -0.375. The maximum Gasteiger partial charge on any atom is 0.267 e. The van der Waals surface area contributed by atoms with E-state index in [1.165, 1.54) is 28.7 Å². The molecule has 4 aromatic rings. The Labute approximate surface area is 168 Å². The maximum atomic E-state index is 12.3. The summed E-state index contributed by atoms with van der Waals surface area (Å²) >= 11 is 2.83. The average Bonchev–Trinajstić information content (AvgIpc) is 3.37. The fourth-order valence-electron chi connectivity index (χ4n) is 2.56. The molecular weight excluding hydrogens is 394 g/mol. The predicted molar refractivity (Wildman–Crippen MR) is 110 cm³/mol. The second kappa shape index (κ2) is 8.24. The molecule has 0 radical (unpaired) electrons. The van der Waals surface area contributed by atoms with Crippen molar-refractivity contribution in [1.29, 1.82) is 0 Å². The number of aromatic nitrogens is 4. The van der Waals surface area contributed by atoms with Crippen molar-refractivity contribution in [2.45, 2.75) is 13.0 Å². The van der Waals surface area contributed by atoms with Crippen molar-refractivity contribution >= 4 is 33.7 Å². The van der Waals surface area contributed by atoms with Crippen LogP contribution in [0.5, 0.6) is 0 Å². The highest BCUT2D eigenvalue weighted by Gasteiger charge is 2.12. The molecule has 4 rings (SSSR count). The van der Waals surface area contributed by atoms with Gasteiger partial charge in [0, 0.05) is 12.5 Å². The number of hydrogen-bond acceptors (Lipinski definition) is 7. The molecule has 0 atom stereocenters. The van der Waals surface area contributed by atoms with E-state index in [4.69, 9.17) is 0 Å². The Bertz CT molecular complexity index is 1140. The highest BCUT2D eigenvalue weighted by molar-refractivity contribution is 7.15. The quantitative estimate of drug-likeness (QED) is 0.529. The number of rotatable bonds is 6. The molecule has 0 saturated heterocycles. The number of nitrogens with zero attached hydrogens (tertiary/aromatic N) is 4. The van der Waals surface area contributed by atoms with Crippen molar-refractivity contribution in [2.75, 3.05) is 5.32 Å². The normalized spacial score (nSPS) is 10.7. The number of thiophene rings is 1. The highest BCUT2D eigenvalue weighted by Crippen LogP contribution is 2.21. The lowest BCUT2D eigenvalue weighted by Gasteiger charge is -2.05. The van der Waals surface area contributed by atoms with E-state index in [1.54, 1.807) is 6.07 Å². The van der Waals surface area contributed by atoms with Crippen LogP contribution < -0.4 is 10.9 Å². The van der Waals surface area contributed by atoms with Crippen LogP contribution in [0.3, 0.4) is 0 Å². The Morgan fingerprint density at radius 1 is 1.04 bits per heavy atom. The molecule has 0 aliphatic rings. The van der Waals surface area contributed by atoms with Gasteiger partial charge in [0.15, 0.2) is 0 Å². The molecule has 1 amide bonds. The van der Waals surface area contributed by atoms with Gasteiger partial charge < -0.3 is 0 Å². The lowest BCUT2D eigenvalue weighted by molar-refractivity contribution is -0.117. The molecule has 0 bridgehead atoms. The van der Waals surface area contributed by atoms with Gasteiger partial charge in [0.2, 0.25) is 11.0 Å². The van der Waals surface area contributed by atoms with Crippen LogP contribution in [0.15, 0.2) is 64.8 Å². The van der Waals surface area contributed by atoms with E-state index in [-0.39, 0.29) is 18.0 Å². The first-order valence-electron chi connectivity index (χ1n) is 8.45. The fourth-order valence-corrected chi connectivity index (χ4v) is 4.04. The van der Waals surface area contributed by atoms with Crippen molar-refractivity contribution in [1.82, 2.24) is 20.0 Å². The van der Waals surface area contributed by atoms with E-state index in [0.717, 1.165) is 20.1 Å². The summed E-state index contributed by atoms with van der Waals surface area (Å²) in [7, 11) is 0. The summed E-state index contributed by atoms with van der Waals surface area (Å²) in [5.74, 6) is -0.375. The molecule has 0 aliphatic carbocycles. The highest BCUT2D eigenvalue weighted by atomic mass is 32.1. The zero-order valence-electron chi connectivity index (χ0n) is 14.6. The van der Waals surface area contributed by atoms with Crippen LogP contribution in [0.4, 0.5) is 5.13 Å². The third-order valence-corrected chi connectivity index (χ3v) is 5.58. The van der Waals surface area contributed by atoms with Gasteiger partial charge in [0.25, 0.3) is 5.56 Å². The molecular formula is C19H15N5O2S2. The molecule has 140 valence electrons. The lowest BCUT2D eigenvalue weighted by atomic mass is 10.2. The van der Waals surface area contributed by atoms with Crippen molar-refractivity contribution in [3.8, 4) is 10.6 Å². The van der Waals surface area contributed by atoms with Gasteiger partial charge in [-0.2, -0.15) is 5.10 Å². The zero-order chi connectivity index (χ0) is 19.3. The van der Waals surface area contributed by atoms with Crippen molar-refractivity contribution in [3.63, 3.8) is 0 Å². The molecule has 0 aliphatic heterocycles. The van der Waals surface area contributed by atoms with E-state index in [9.17, 15) is 9.59 Å². The molecule has 3 heterocycles. The summed E-state index contributed by atoms with van der Waals surface area (Å²) in [6, 6.07) is 16.8. The number of carbonyl (C=O) groups is 1. The molecule has 0 fully saturated rings. The van der Waals surface area contributed by atoms with Gasteiger partial charge in [-0.15, -0.1) is 21.5 Å². The van der Waals surface area contributed by atoms with Gasteiger partial charge in [0.1, 0.15) is 17.2 Å². The summed E-state index contributed by atoms with van der Waals surface area (Å²) in [6.45, 7) is -0.189. The topological polar surface area (TPSA) is 89.8 Å². The molecule has 28 heavy (non-hydrogen) atoms. The minimum absolute atomic E-state index is 0.189. The van der Waals surface area contributed by atoms with E-state index in [0.29, 0.717) is 17.2 Å². The van der Waals surface area contributed by atoms with Gasteiger partial charge in [-0.3, -0.25) is 14.9 Å². The van der Waals surface area contributed by atoms with Gasteiger partial charge in [-0.1, -0.05) is 47.7 Å².